The molecule has 14 nitrogen and oxygen atoms in total. The van der Waals surface area contributed by atoms with Crippen LogP contribution in [0.5, 0.6) is 0 Å². The van der Waals surface area contributed by atoms with Gasteiger partial charge in [-0.15, -0.1) is 12.4 Å². The number of nitrogens with one attached hydrogen (secondary N) is 1. The SMILES string of the molecule is C.CC[C@H]1CN(c2ccc(C(=O)OC)nc2)CCN1C(=O)OC(C)(C)C.CC[C@H]1CNCCN1C(=O)OC(C)(C)C.COC(=O)c1ccc(Br)cn1.Cl. The van der Waals surface area contributed by atoms with Crippen LogP contribution in [0.1, 0.15) is 96.6 Å². The van der Waals surface area contributed by atoms with E-state index in [0.29, 0.717) is 25.3 Å². The van der Waals surface area contributed by atoms with E-state index in [9.17, 15) is 19.2 Å². The Morgan fingerprint density at radius 2 is 1.26 bits per heavy atom. The van der Waals surface area contributed by atoms with Gasteiger partial charge < -0.3 is 39.0 Å². The highest BCUT2D eigenvalue weighted by molar-refractivity contribution is 9.10. The fourth-order valence-electron chi connectivity index (χ4n) is 5.09. The van der Waals surface area contributed by atoms with Crippen molar-refractivity contribution in [3.05, 3.63) is 52.5 Å². The fraction of sp³-hybridized carbons (Fsp3) is 0.622. The molecule has 300 valence electrons. The Kier molecular flexibility index (Phi) is 21.6. The number of carbonyl (C=O) groups is 4. The number of methoxy groups -OCH3 is 2. The average molecular weight is 832 g/mol. The van der Waals surface area contributed by atoms with Crippen molar-refractivity contribution in [2.24, 2.45) is 0 Å². The molecule has 1 N–H and O–H groups in total. The van der Waals surface area contributed by atoms with Crippen LogP contribution >= 0.6 is 28.3 Å². The summed E-state index contributed by atoms with van der Waals surface area (Å²) in [6.45, 7) is 19.9. The van der Waals surface area contributed by atoms with Crippen molar-refractivity contribution < 1.29 is 38.1 Å². The molecule has 2 aliphatic rings. The summed E-state index contributed by atoms with van der Waals surface area (Å²) in [5.74, 6) is -0.870. The number of hydrogen-bond acceptors (Lipinski definition) is 12. The van der Waals surface area contributed by atoms with Gasteiger partial charge in [0.1, 0.15) is 22.6 Å². The quantitative estimate of drug-likeness (QED) is 0.244. The number of aromatic nitrogens is 2. The minimum absolute atomic E-state index is 0. The molecule has 0 radical (unpaired) electrons. The molecule has 0 spiro atoms. The molecule has 16 heteroatoms. The number of amides is 2. The van der Waals surface area contributed by atoms with Gasteiger partial charge in [0.15, 0.2) is 0 Å². The maximum Gasteiger partial charge on any atom is 0.410 e. The first-order valence-corrected chi connectivity index (χ1v) is 17.9. The van der Waals surface area contributed by atoms with Crippen LogP contribution in [0.4, 0.5) is 15.3 Å². The lowest BCUT2D eigenvalue weighted by Gasteiger charge is -2.42. The summed E-state index contributed by atoms with van der Waals surface area (Å²) in [5.41, 5.74) is 0.622. The Hall–Kier alpha value is -3.69. The van der Waals surface area contributed by atoms with Gasteiger partial charge >= 0.3 is 24.1 Å². The lowest BCUT2D eigenvalue weighted by Crippen LogP contribution is -2.56. The van der Waals surface area contributed by atoms with Gasteiger partial charge in [0.05, 0.1) is 32.1 Å². The molecular weight excluding hydrogens is 772 g/mol. The highest BCUT2D eigenvalue weighted by atomic mass is 79.9. The lowest BCUT2D eigenvalue weighted by atomic mass is 10.1. The number of anilines is 1. The third-order valence-corrected chi connectivity index (χ3v) is 8.13. The third kappa shape index (κ3) is 16.9. The third-order valence-electron chi connectivity index (χ3n) is 7.66. The molecule has 4 heterocycles. The van der Waals surface area contributed by atoms with E-state index in [2.05, 4.69) is 59.4 Å². The van der Waals surface area contributed by atoms with E-state index in [0.717, 1.165) is 42.6 Å². The predicted octanol–water partition coefficient (Wildman–Crippen LogP) is 7.00. The summed E-state index contributed by atoms with van der Waals surface area (Å²) in [6.07, 6.45) is 4.57. The molecule has 2 aromatic rings. The molecule has 0 unspecified atom stereocenters. The summed E-state index contributed by atoms with van der Waals surface area (Å²) < 4.78 is 20.8. The smallest absolute Gasteiger partial charge is 0.410 e. The zero-order valence-corrected chi connectivity index (χ0v) is 34.5. The van der Waals surface area contributed by atoms with Crippen LogP contribution in [0.25, 0.3) is 0 Å². The van der Waals surface area contributed by atoms with Crippen LogP contribution in [0.2, 0.25) is 0 Å². The summed E-state index contributed by atoms with van der Waals surface area (Å²) in [4.78, 5) is 60.4. The second kappa shape index (κ2) is 23.2. The number of piperazine rings is 2. The van der Waals surface area contributed by atoms with Crippen molar-refractivity contribution in [3.63, 3.8) is 0 Å². The maximum atomic E-state index is 12.4. The van der Waals surface area contributed by atoms with Crippen molar-refractivity contribution in [3.8, 4) is 0 Å². The monoisotopic (exact) mass is 830 g/mol. The first kappa shape index (κ1) is 49.3. The van der Waals surface area contributed by atoms with Crippen LogP contribution in [-0.4, -0.2) is 121 Å². The zero-order chi connectivity index (χ0) is 38.4. The summed E-state index contributed by atoms with van der Waals surface area (Å²) in [6, 6.07) is 7.18. The normalized spacial score (nSPS) is 16.8. The number of hydrogen-bond donors (Lipinski definition) is 1. The molecule has 0 bridgehead atoms. The first-order valence-electron chi connectivity index (χ1n) is 17.1. The summed E-state index contributed by atoms with van der Waals surface area (Å²) in [7, 11) is 2.66. The van der Waals surface area contributed by atoms with Crippen molar-refractivity contribution in [2.75, 3.05) is 58.4 Å². The Bertz CT molecular complexity index is 1420. The van der Waals surface area contributed by atoms with Crippen LogP contribution < -0.4 is 10.2 Å². The van der Waals surface area contributed by atoms with Crippen LogP contribution in [-0.2, 0) is 18.9 Å². The molecule has 0 aliphatic carbocycles. The molecule has 2 atom stereocenters. The Morgan fingerprint density at radius 1 is 0.774 bits per heavy atom. The molecule has 53 heavy (non-hydrogen) atoms. The first-order chi connectivity index (χ1) is 23.9. The molecule has 2 aromatic heterocycles. The van der Waals surface area contributed by atoms with Gasteiger partial charge in [0, 0.05) is 56.0 Å². The minimum Gasteiger partial charge on any atom is -0.464 e. The second-order valence-electron chi connectivity index (χ2n) is 13.9. The summed E-state index contributed by atoms with van der Waals surface area (Å²) >= 11 is 3.20. The minimum atomic E-state index is -0.500. The van der Waals surface area contributed by atoms with Gasteiger partial charge in [-0.1, -0.05) is 21.3 Å². The topological polar surface area (TPSA) is 153 Å². The van der Waals surface area contributed by atoms with Gasteiger partial charge in [-0.2, -0.15) is 0 Å². The molecule has 0 saturated carbocycles. The van der Waals surface area contributed by atoms with Crippen molar-refractivity contribution in [1.82, 2.24) is 25.1 Å². The molecule has 2 amide bonds. The number of esters is 2. The molecule has 0 aromatic carbocycles. The van der Waals surface area contributed by atoms with E-state index in [1.54, 1.807) is 35.5 Å². The number of rotatable bonds is 5. The molecule has 2 fully saturated rings. The van der Waals surface area contributed by atoms with Gasteiger partial charge in [-0.25, -0.2) is 29.1 Å². The highest BCUT2D eigenvalue weighted by Crippen LogP contribution is 2.22. The predicted molar refractivity (Wildman–Crippen MR) is 212 cm³/mol. The largest absolute Gasteiger partial charge is 0.464 e. The Labute approximate surface area is 330 Å². The van der Waals surface area contributed by atoms with E-state index in [4.69, 9.17) is 9.47 Å². The molecular formula is C37H60BrClN6O8. The van der Waals surface area contributed by atoms with E-state index in [1.165, 1.54) is 14.2 Å². The average Bonchev–Trinajstić information content (AvgIpc) is 3.10. The van der Waals surface area contributed by atoms with Crippen LogP contribution in [0, 0.1) is 0 Å². The van der Waals surface area contributed by atoms with Crippen molar-refractivity contribution in [1.29, 1.82) is 0 Å². The lowest BCUT2D eigenvalue weighted by molar-refractivity contribution is 0.0112. The second-order valence-corrected chi connectivity index (χ2v) is 14.8. The van der Waals surface area contributed by atoms with Gasteiger partial charge in [-0.3, -0.25) is 0 Å². The van der Waals surface area contributed by atoms with Crippen LogP contribution in [0.3, 0.4) is 0 Å². The van der Waals surface area contributed by atoms with Crippen molar-refractivity contribution in [2.45, 2.75) is 98.9 Å². The number of ether oxygens (including phenoxy) is 4. The van der Waals surface area contributed by atoms with Crippen LogP contribution in [0.15, 0.2) is 41.1 Å². The Morgan fingerprint density at radius 3 is 1.68 bits per heavy atom. The highest BCUT2D eigenvalue weighted by Gasteiger charge is 2.33. The number of pyridine rings is 2. The van der Waals surface area contributed by atoms with Gasteiger partial charge in [-0.05, 0) is 94.6 Å². The number of nitrogens with zero attached hydrogens (tertiary/aromatic N) is 5. The number of halogens is 2. The maximum absolute atomic E-state index is 12.4. The van der Waals surface area contributed by atoms with E-state index in [-0.39, 0.29) is 49.8 Å². The van der Waals surface area contributed by atoms with E-state index >= 15 is 0 Å². The van der Waals surface area contributed by atoms with E-state index in [1.807, 2.05) is 52.5 Å². The summed E-state index contributed by atoms with van der Waals surface area (Å²) in [5, 5.41) is 3.28. The van der Waals surface area contributed by atoms with Gasteiger partial charge in [0.2, 0.25) is 0 Å². The molecule has 2 aliphatic heterocycles. The van der Waals surface area contributed by atoms with Gasteiger partial charge in [0.25, 0.3) is 0 Å². The Balaban J connectivity index is 0.000000824. The zero-order valence-electron chi connectivity index (χ0n) is 32.1. The fourth-order valence-corrected chi connectivity index (χ4v) is 5.32. The van der Waals surface area contributed by atoms with E-state index < -0.39 is 23.1 Å². The standard InChI is InChI=1S/C18H27N3O4.C11H22N2O2.C7H6BrNO2.CH4.ClH/c1-6-13-12-20(9-10-21(13)17(23)25-18(2,3)4)14-7-8-15(19-11-14)16(22)24-5;1-5-9-8-12-6-7-13(9)10(14)15-11(2,3)4;1-11-7(10)6-3-2-5(8)4-9-6;;/h7-8,11,13H,6,9-10,12H2,1-5H3;9,12H,5-8H2,1-4H3;2-4H,1H3;1H4;1H/t13-;9-;;;/m00.../s1. The number of carbonyl (C=O) groups excluding carboxylic acids is 4. The molecule has 2 saturated heterocycles. The van der Waals surface area contributed by atoms with Crippen molar-refractivity contribution >= 4 is 58.1 Å². The molecule has 4 rings (SSSR count).